The average molecular weight is 414 g/mol. The second-order valence-corrected chi connectivity index (χ2v) is 10.1. The Balaban J connectivity index is 1.50. The average Bonchev–Trinajstić information content (AvgIpc) is 3.06. The lowest BCUT2D eigenvalue weighted by Crippen LogP contribution is -2.45. The number of hydrogen-bond acceptors (Lipinski definition) is 1. The van der Waals surface area contributed by atoms with Crippen LogP contribution in [0.3, 0.4) is 0 Å². The molecule has 0 bridgehead atoms. The smallest absolute Gasteiger partial charge is 0.0597 e. The van der Waals surface area contributed by atoms with Crippen LogP contribution < -0.4 is 4.90 Å². The summed E-state index contributed by atoms with van der Waals surface area (Å²) in [7, 11) is 0. The van der Waals surface area contributed by atoms with Crippen molar-refractivity contribution >= 4 is 23.0 Å². The molecule has 3 aromatic carbocycles. The minimum Gasteiger partial charge on any atom is -0.334 e. The van der Waals surface area contributed by atoms with Crippen LogP contribution >= 0.6 is 0 Å². The summed E-state index contributed by atoms with van der Waals surface area (Å²) in [5.74, 6) is 0.979. The van der Waals surface area contributed by atoms with E-state index in [0.717, 1.165) is 6.42 Å². The molecule has 1 nitrogen and oxygen atoms in total. The second-order valence-electron chi connectivity index (χ2n) is 10.1. The summed E-state index contributed by atoms with van der Waals surface area (Å²) in [5, 5.41) is 0. The first kappa shape index (κ1) is 18.3. The van der Waals surface area contributed by atoms with Gasteiger partial charge in [-0.3, -0.25) is 0 Å². The molecule has 0 radical (unpaired) electrons. The molecule has 3 unspecified atom stereocenters. The molecule has 1 heterocycles. The Labute approximate surface area is 190 Å². The molecule has 0 amide bonds. The first-order valence-electron chi connectivity index (χ1n) is 11.8. The largest absolute Gasteiger partial charge is 0.334 e. The molecular weight excluding hydrogens is 386 g/mol. The molecule has 0 fully saturated rings. The molecule has 0 N–H and O–H groups in total. The van der Waals surface area contributed by atoms with E-state index in [1.165, 1.54) is 44.8 Å². The van der Waals surface area contributed by atoms with Gasteiger partial charge in [0, 0.05) is 22.7 Å². The number of rotatable bonds is 1. The van der Waals surface area contributed by atoms with Crippen molar-refractivity contribution in [2.24, 2.45) is 5.92 Å². The fourth-order valence-electron chi connectivity index (χ4n) is 6.74. The van der Waals surface area contributed by atoms with E-state index < -0.39 is 0 Å². The second kappa shape index (κ2) is 6.36. The molecule has 1 aliphatic heterocycles. The van der Waals surface area contributed by atoms with Crippen LogP contribution in [0.15, 0.2) is 96.6 Å². The van der Waals surface area contributed by atoms with E-state index >= 15 is 0 Å². The highest BCUT2D eigenvalue weighted by molar-refractivity contribution is 5.92. The minimum absolute atomic E-state index is 0.0321. The van der Waals surface area contributed by atoms with Gasteiger partial charge in [-0.15, -0.1) is 0 Å². The third kappa shape index (κ3) is 2.29. The molecule has 0 saturated heterocycles. The normalized spacial score (nSPS) is 25.8. The maximum Gasteiger partial charge on any atom is 0.0597 e. The Hall–Kier alpha value is -3.32. The van der Waals surface area contributed by atoms with Crippen LogP contribution in [0.4, 0.5) is 11.4 Å². The van der Waals surface area contributed by atoms with Crippen molar-refractivity contribution in [2.45, 2.75) is 37.6 Å². The first-order chi connectivity index (χ1) is 15.6. The molecular formula is C31H27N. The van der Waals surface area contributed by atoms with Crippen LogP contribution in [-0.4, -0.2) is 6.04 Å². The summed E-state index contributed by atoms with van der Waals surface area (Å²) >= 11 is 0. The number of hydrogen-bond donors (Lipinski definition) is 0. The summed E-state index contributed by atoms with van der Waals surface area (Å²) in [6, 6.07) is 27.2. The van der Waals surface area contributed by atoms with Crippen molar-refractivity contribution in [3.05, 3.63) is 119 Å². The minimum atomic E-state index is 0.0321. The van der Waals surface area contributed by atoms with Gasteiger partial charge < -0.3 is 4.90 Å². The summed E-state index contributed by atoms with van der Waals surface area (Å²) < 4.78 is 0. The molecule has 0 spiro atoms. The summed E-state index contributed by atoms with van der Waals surface area (Å²) in [6.07, 6.45) is 11.1. The number of benzene rings is 3. The summed E-state index contributed by atoms with van der Waals surface area (Å²) in [4.78, 5) is 2.61. The number of anilines is 2. The molecule has 4 aliphatic rings. The monoisotopic (exact) mass is 413 g/mol. The molecule has 3 aliphatic carbocycles. The Morgan fingerprint density at radius 1 is 0.844 bits per heavy atom. The molecule has 32 heavy (non-hydrogen) atoms. The van der Waals surface area contributed by atoms with Gasteiger partial charge in [0.05, 0.1) is 6.04 Å². The zero-order valence-electron chi connectivity index (χ0n) is 18.6. The van der Waals surface area contributed by atoms with Crippen molar-refractivity contribution in [2.75, 3.05) is 4.90 Å². The molecule has 1 heteroatoms. The highest BCUT2D eigenvalue weighted by Gasteiger charge is 2.47. The zero-order chi connectivity index (χ0) is 21.4. The SMILES string of the molecule is CC1(C)C2=CC3C(C=C2c2ccccc21)C1CC=Cc2cccc(c21)N3c1ccccc1. The predicted molar refractivity (Wildman–Crippen MR) is 134 cm³/mol. The molecule has 3 aromatic rings. The molecule has 0 aromatic heterocycles. The van der Waals surface area contributed by atoms with Gasteiger partial charge >= 0.3 is 0 Å². The molecule has 156 valence electrons. The first-order valence-corrected chi connectivity index (χ1v) is 11.8. The van der Waals surface area contributed by atoms with Crippen molar-refractivity contribution in [1.29, 1.82) is 0 Å². The van der Waals surface area contributed by atoms with Crippen LogP contribution in [-0.2, 0) is 5.41 Å². The summed E-state index contributed by atoms with van der Waals surface area (Å²) in [5.41, 5.74) is 11.5. The van der Waals surface area contributed by atoms with Crippen LogP contribution in [0, 0.1) is 5.92 Å². The Morgan fingerprint density at radius 2 is 1.66 bits per heavy atom. The van der Waals surface area contributed by atoms with Gasteiger partial charge in [-0.25, -0.2) is 0 Å². The van der Waals surface area contributed by atoms with Crippen molar-refractivity contribution in [3.63, 3.8) is 0 Å². The number of fused-ring (bicyclic) bond motifs is 5. The van der Waals surface area contributed by atoms with E-state index in [1.807, 2.05) is 0 Å². The third-order valence-electron chi connectivity index (χ3n) is 8.18. The van der Waals surface area contributed by atoms with E-state index in [-0.39, 0.29) is 5.41 Å². The van der Waals surface area contributed by atoms with Gasteiger partial charge in [0.2, 0.25) is 0 Å². The standard InChI is InChI=1S/C31H27N/c1-31(2)26-16-7-6-14-22(26)24-18-25-23-15-8-10-20-11-9-17-28(30(20)23)32(29(25)19-27(24)31)21-12-4-3-5-13-21/h3-14,16-19,23,25,29H,15H2,1-2H3. The van der Waals surface area contributed by atoms with Gasteiger partial charge in [0.25, 0.3) is 0 Å². The zero-order valence-corrected chi connectivity index (χ0v) is 18.6. The Bertz CT molecular complexity index is 1340. The lowest BCUT2D eigenvalue weighted by molar-refractivity contribution is 0.431. The lowest BCUT2D eigenvalue weighted by atomic mass is 9.67. The highest BCUT2D eigenvalue weighted by atomic mass is 15.2. The van der Waals surface area contributed by atoms with E-state index in [9.17, 15) is 0 Å². The molecule has 3 atom stereocenters. The van der Waals surface area contributed by atoms with Gasteiger partial charge in [-0.05, 0) is 63.9 Å². The highest BCUT2D eigenvalue weighted by Crippen LogP contribution is 2.58. The maximum atomic E-state index is 2.63. The van der Waals surface area contributed by atoms with E-state index in [2.05, 4.69) is 116 Å². The quantitative estimate of drug-likeness (QED) is 0.396. The van der Waals surface area contributed by atoms with Crippen molar-refractivity contribution < 1.29 is 0 Å². The van der Waals surface area contributed by atoms with E-state index in [4.69, 9.17) is 0 Å². The Kier molecular flexibility index (Phi) is 3.63. The predicted octanol–water partition coefficient (Wildman–Crippen LogP) is 7.64. The maximum absolute atomic E-state index is 2.63. The van der Waals surface area contributed by atoms with Crippen molar-refractivity contribution in [1.82, 2.24) is 0 Å². The topological polar surface area (TPSA) is 3.24 Å². The van der Waals surface area contributed by atoms with Crippen LogP contribution in [0.1, 0.15) is 48.4 Å². The third-order valence-corrected chi connectivity index (χ3v) is 8.18. The molecule has 0 saturated carbocycles. The molecule has 7 rings (SSSR count). The number of para-hydroxylation sites is 1. The van der Waals surface area contributed by atoms with Crippen molar-refractivity contribution in [3.8, 4) is 0 Å². The van der Waals surface area contributed by atoms with Gasteiger partial charge in [0.15, 0.2) is 0 Å². The van der Waals surface area contributed by atoms with Crippen LogP contribution in [0.5, 0.6) is 0 Å². The fourth-order valence-corrected chi connectivity index (χ4v) is 6.74. The van der Waals surface area contributed by atoms with E-state index in [1.54, 1.807) is 0 Å². The summed E-state index contributed by atoms with van der Waals surface area (Å²) in [6.45, 7) is 4.79. The van der Waals surface area contributed by atoms with Gasteiger partial charge in [0.1, 0.15) is 0 Å². The Morgan fingerprint density at radius 3 is 2.53 bits per heavy atom. The van der Waals surface area contributed by atoms with Gasteiger partial charge in [-0.1, -0.05) is 92.7 Å². The number of nitrogens with zero attached hydrogens (tertiary/aromatic N) is 1. The van der Waals surface area contributed by atoms with Gasteiger partial charge in [-0.2, -0.15) is 0 Å². The van der Waals surface area contributed by atoms with Crippen LogP contribution in [0.25, 0.3) is 11.6 Å². The van der Waals surface area contributed by atoms with Crippen LogP contribution in [0.2, 0.25) is 0 Å². The fraction of sp³-hybridized carbons (Fsp3) is 0.226. The number of allylic oxidation sites excluding steroid dienone is 3. The van der Waals surface area contributed by atoms with E-state index in [0.29, 0.717) is 17.9 Å². The lowest BCUT2D eigenvalue weighted by Gasteiger charge is -2.49.